The van der Waals surface area contributed by atoms with Crippen molar-refractivity contribution in [2.75, 3.05) is 13.7 Å². The van der Waals surface area contributed by atoms with Gasteiger partial charge in [-0.05, 0) is 27.2 Å². The highest BCUT2D eigenvalue weighted by Crippen LogP contribution is 2.49. The maximum atomic E-state index is 12.5. The molecular formula is C13H25NO4Si. The highest BCUT2D eigenvalue weighted by atomic mass is 28.2. The van der Waals surface area contributed by atoms with E-state index in [1.54, 1.807) is 0 Å². The Morgan fingerprint density at radius 2 is 1.74 bits per heavy atom. The molecule has 0 amide bonds. The van der Waals surface area contributed by atoms with Crippen molar-refractivity contribution in [1.29, 1.82) is 0 Å². The summed E-state index contributed by atoms with van der Waals surface area (Å²) in [6.45, 7) is 10.5. The summed E-state index contributed by atoms with van der Waals surface area (Å²) in [6, 6.07) is 0. The zero-order valence-corrected chi connectivity index (χ0v) is 15.0. The van der Waals surface area contributed by atoms with Crippen LogP contribution >= 0.6 is 0 Å². The molecule has 0 aromatic rings. The fraction of sp³-hybridized carbons (Fsp3) is 0.846. The molecule has 0 bridgehead atoms. The molecule has 0 N–H and O–H groups in total. The van der Waals surface area contributed by atoms with Crippen LogP contribution in [0.25, 0.3) is 0 Å². The molecule has 0 aromatic carbocycles. The van der Waals surface area contributed by atoms with E-state index in [0.29, 0.717) is 6.54 Å². The molecule has 0 saturated carbocycles. The van der Waals surface area contributed by atoms with Gasteiger partial charge in [0.2, 0.25) is 16.0 Å². The van der Waals surface area contributed by atoms with Crippen LogP contribution in [0.2, 0.25) is 0 Å². The lowest BCUT2D eigenvalue weighted by atomic mass is 9.71. The topological polar surface area (TPSA) is 55.8 Å². The number of likely N-dealkylation sites (tertiary alicyclic amines) is 1. The molecule has 0 radical (unpaired) electrons. The van der Waals surface area contributed by atoms with Gasteiger partial charge in [0.05, 0.1) is 7.11 Å². The zero-order valence-electron chi connectivity index (χ0n) is 13.0. The van der Waals surface area contributed by atoms with E-state index in [1.165, 1.54) is 7.11 Å². The minimum atomic E-state index is -1.35. The summed E-state index contributed by atoms with van der Waals surface area (Å²) in [5, 5.41) is 0. The molecular weight excluding hydrogens is 262 g/mol. The van der Waals surface area contributed by atoms with Gasteiger partial charge < -0.3 is 9.16 Å². The van der Waals surface area contributed by atoms with Crippen molar-refractivity contribution in [2.45, 2.75) is 52.1 Å². The van der Waals surface area contributed by atoms with Gasteiger partial charge in [0.25, 0.3) is 0 Å². The van der Waals surface area contributed by atoms with Crippen molar-refractivity contribution in [3.05, 3.63) is 0 Å². The standard InChI is InChI=1S/C13H25NO4Si/c1-11(2,3)14-8-7-12(4,5)13(14,9(15)17-6)10(16)18-19/h7-8H2,1-6,19H3/t13-/m0/s1. The SMILES string of the molecule is COC(=O)[C@@]1(C(=O)O[SiH3])N(C(C)(C)C)CCC1(C)C. The van der Waals surface area contributed by atoms with Crippen molar-refractivity contribution in [2.24, 2.45) is 5.41 Å². The van der Waals surface area contributed by atoms with Crippen molar-refractivity contribution >= 4 is 22.4 Å². The van der Waals surface area contributed by atoms with Gasteiger partial charge in [0, 0.05) is 17.5 Å². The van der Waals surface area contributed by atoms with Gasteiger partial charge >= 0.3 is 11.9 Å². The van der Waals surface area contributed by atoms with Gasteiger partial charge in [-0.1, -0.05) is 13.8 Å². The maximum absolute atomic E-state index is 12.5. The van der Waals surface area contributed by atoms with E-state index in [2.05, 4.69) is 0 Å². The average Bonchev–Trinajstić information content (AvgIpc) is 2.59. The Kier molecular flexibility index (Phi) is 4.17. The Balaban J connectivity index is 3.52. The summed E-state index contributed by atoms with van der Waals surface area (Å²) in [5.74, 6) is -1.01. The predicted octanol–water partition coefficient (Wildman–Crippen LogP) is 0.252. The number of hydrogen-bond acceptors (Lipinski definition) is 5. The Morgan fingerprint density at radius 1 is 1.21 bits per heavy atom. The molecule has 1 fully saturated rings. The van der Waals surface area contributed by atoms with Gasteiger partial charge in [-0.3, -0.25) is 9.69 Å². The molecule has 0 spiro atoms. The van der Waals surface area contributed by atoms with Gasteiger partial charge in [0.15, 0.2) is 0 Å². The summed E-state index contributed by atoms with van der Waals surface area (Å²) in [5.41, 5.74) is -2.19. The van der Waals surface area contributed by atoms with Crippen molar-refractivity contribution in [1.82, 2.24) is 4.90 Å². The molecule has 1 atom stereocenters. The Bertz CT molecular complexity index is 371. The van der Waals surface area contributed by atoms with E-state index in [4.69, 9.17) is 9.16 Å². The molecule has 110 valence electrons. The van der Waals surface area contributed by atoms with Gasteiger partial charge in [0.1, 0.15) is 0 Å². The molecule has 6 heteroatoms. The minimum absolute atomic E-state index is 0.262. The first-order chi connectivity index (χ1) is 8.55. The number of hydrogen-bond donors (Lipinski definition) is 0. The number of nitrogens with zero attached hydrogens (tertiary/aromatic N) is 1. The van der Waals surface area contributed by atoms with Crippen LogP contribution in [-0.4, -0.2) is 52.1 Å². The summed E-state index contributed by atoms with van der Waals surface area (Å²) >= 11 is 0. The summed E-state index contributed by atoms with van der Waals surface area (Å²) < 4.78 is 10.0. The molecule has 1 aliphatic heterocycles. The first-order valence-corrected chi connectivity index (χ1v) is 7.32. The Morgan fingerprint density at radius 3 is 2.11 bits per heavy atom. The number of rotatable bonds is 2. The first kappa shape index (κ1) is 16.2. The van der Waals surface area contributed by atoms with Crippen molar-refractivity contribution in [3.8, 4) is 0 Å². The molecule has 5 nitrogen and oxygen atoms in total. The molecule has 0 aliphatic carbocycles. The van der Waals surface area contributed by atoms with Gasteiger partial charge in [-0.2, -0.15) is 0 Å². The largest absolute Gasteiger partial charge is 0.527 e. The molecule has 1 rings (SSSR count). The number of ether oxygens (including phenoxy) is 1. The number of carbonyl (C=O) groups excluding carboxylic acids is 2. The van der Waals surface area contributed by atoms with Crippen molar-refractivity contribution in [3.63, 3.8) is 0 Å². The summed E-state index contributed by atoms with van der Waals surface area (Å²) in [4.78, 5) is 26.9. The summed E-state index contributed by atoms with van der Waals surface area (Å²) in [6.07, 6.45) is 0.746. The lowest BCUT2D eigenvalue weighted by molar-refractivity contribution is -0.177. The molecule has 1 heterocycles. The average molecular weight is 287 g/mol. The second-order valence-electron chi connectivity index (χ2n) is 6.65. The fourth-order valence-electron chi connectivity index (χ4n) is 3.10. The van der Waals surface area contributed by atoms with E-state index in [0.717, 1.165) is 6.42 Å². The molecule has 0 aromatic heterocycles. The second-order valence-corrected chi connectivity index (χ2v) is 7.06. The maximum Gasteiger partial charge on any atom is 0.338 e. The Hall–Kier alpha value is -0.883. The Labute approximate surface area is 118 Å². The van der Waals surface area contributed by atoms with Crippen molar-refractivity contribution < 1.29 is 18.8 Å². The highest BCUT2D eigenvalue weighted by Gasteiger charge is 2.68. The van der Waals surface area contributed by atoms with Crippen LogP contribution in [0.15, 0.2) is 0 Å². The van der Waals surface area contributed by atoms with Gasteiger partial charge in [-0.25, -0.2) is 4.79 Å². The number of carbonyl (C=O) groups is 2. The van der Waals surface area contributed by atoms with E-state index in [1.807, 2.05) is 39.5 Å². The quantitative estimate of drug-likeness (QED) is 0.414. The molecule has 19 heavy (non-hydrogen) atoms. The van der Waals surface area contributed by atoms with Crippen LogP contribution in [0, 0.1) is 5.41 Å². The third kappa shape index (κ3) is 2.21. The third-order valence-corrected chi connectivity index (χ3v) is 4.49. The smallest absolute Gasteiger partial charge is 0.338 e. The lowest BCUT2D eigenvalue weighted by Gasteiger charge is -2.46. The lowest BCUT2D eigenvalue weighted by Crippen LogP contribution is -2.68. The normalized spacial score (nSPS) is 27.3. The van der Waals surface area contributed by atoms with Crippen LogP contribution < -0.4 is 0 Å². The van der Waals surface area contributed by atoms with E-state index >= 15 is 0 Å². The number of esters is 1. The van der Waals surface area contributed by atoms with Crippen LogP contribution in [-0.2, 0) is 18.8 Å². The third-order valence-electron chi connectivity index (χ3n) is 4.12. The first-order valence-electron chi connectivity index (χ1n) is 6.50. The van der Waals surface area contributed by atoms with Crippen LogP contribution in [0.5, 0.6) is 0 Å². The monoisotopic (exact) mass is 287 g/mol. The van der Waals surface area contributed by atoms with E-state index in [-0.39, 0.29) is 16.0 Å². The zero-order chi connectivity index (χ0) is 15.1. The van der Waals surface area contributed by atoms with Crippen LogP contribution in [0.4, 0.5) is 0 Å². The van der Waals surface area contributed by atoms with Crippen LogP contribution in [0.3, 0.4) is 0 Å². The number of methoxy groups -OCH3 is 1. The fourth-order valence-corrected chi connectivity index (χ4v) is 3.39. The van der Waals surface area contributed by atoms with Crippen LogP contribution in [0.1, 0.15) is 41.0 Å². The predicted molar refractivity (Wildman–Crippen MR) is 75.6 cm³/mol. The van der Waals surface area contributed by atoms with E-state index < -0.39 is 22.9 Å². The minimum Gasteiger partial charge on any atom is -0.527 e. The van der Waals surface area contributed by atoms with Gasteiger partial charge in [-0.15, -0.1) is 0 Å². The molecule has 1 aliphatic rings. The molecule has 1 saturated heterocycles. The second kappa shape index (κ2) is 4.90. The highest BCUT2D eigenvalue weighted by molar-refractivity contribution is 6.14. The molecule has 0 unspecified atom stereocenters. The summed E-state index contributed by atoms with van der Waals surface area (Å²) in [7, 11) is 1.58. The van der Waals surface area contributed by atoms with E-state index in [9.17, 15) is 9.59 Å².